The minimum absolute atomic E-state index is 0.0991. The largest absolute Gasteiger partial charge is 0.342 e. The first-order chi connectivity index (χ1) is 13.3. The number of thiophene rings is 1. The summed E-state index contributed by atoms with van der Waals surface area (Å²) in [7, 11) is 0. The Bertz CT molecular complexity index is 941. The van der Waals surface area contributed by atoms with Crippen molar-refractivity contribution in [1.82, 2.24) is 15.1 Å². The maximum atomic E-state index is 12.4. The highest BCUT2D eigenvalue weighted by atomic mass is 32.1. The van der Waals surface area contributed by atoms with E-state index in [1.54, 1.807) is 16.8 Å². The second-order valence-electron chi connectivity index (χ2n) is 7.52. The molecule has 7 heteroatoms. The van der Waals surface area contributed by atoms with Crippen LogP contribution >= 0.6 is 11.3 Å². The molecule has 0 unspecified atom stereocenters. The zero-order chi connectivity index (χ0) is 20.1. The van der Waals surface area contributed by atoms with Crippen molar-refractivity contribution in [2.75, 3.05) is 11.9 Å². The fourth-order valence-corrected chi connectivity index (χ4v) is 3.24. The van der Waals surface area contributed by atoms with Crippen LogP contribution in [0.2, 0.25) is 0 Å². The van der Waals surface area contributed by atoms with Gasteiger partial charge in [0, 0.05) is 11.5 Å². The third-order valence-corrected chi connectivity index (χ3v) is 5.01. The van der Waals surface area contributed by atoms with Gasteiger partial charge in [-0.15, -0.1) is 11.3 Å². The van der Waals surface area contributed by atoms with E-state index in [-0.39, 0.29) is 23.8 Å². The maximum absolute atomic E-state index is 12.4. The van der Waals surface area contributed by atoms with Gasteiger partial charge < -0.3 is 10.6 Å². The molecule has 0 spiro atoms. The number of amides is 2. The van der Waals surface area contributed by atoms with Crippen LogP contribution in [0.25, 0.3) is 0 Å². The highest BCUT2D eigenvalue weighted by Gasteiger charge is 2.21. The normalized spacial score (nSPS) is 11.2. The molecule has 28 heavy (non-hydrogen) atoms. The molecule has 2 amide bonds. The highest BCUT2D eigenvalue weighted by molar-refractivity contribution is 7.12. The number of aromatic nitrogens is 2. The van der Waals surface area contributed by atoms with E-state index in [0.29, 0.717) is 17.2 Å². The highest BCUT2D eigenvalue weighted by Crippen LogP contribution is 2.24. The third kappa shape index (κ3) is 5.07. The predicted octanol–water partition coefficient (Wildman–Crippen LogP) is 3.66. The first-order valence-corrected chi connectivity index (χ1v) is 9.95. The summed E-state index contributed by atoms with van der Waals surface area (Å²) in [5, 5.41) is 12.0. The summed E-state index contributed by atoms with van der Waals surface area (Å²) in [5.41, 5.74) is 1.84. The number of anilines is 1. The molecule has 0 atom stereocenters. The number of hydrogen-bond donors (Lipinski definition) is 2. The summed E-state index contributed by atoms with van der Waals surface area (Å²) < 4.78 is 1.79. The molecular formula is C21H24N4O2S. The van der Waals surface area contributed by atoms with Crippen molar-refractivity contribution in [3.8, 4) is 0 Å². The Kier molecular flexibility index (Phi) is 5.94. The lowest BCUT2D eigenvalue weighted by atomic mass is 9.92. The van der Waals surface area contributed by atoms with Gasteiger partial charge in [0.25, 0.3) is 5.91 Å². The number of benzene rings is 1. The van der Waals surface area contributed by atoms with Crippen LogP contribution in [0, 0.1) is 0 Å². The van der Waals surface area contributed by atoms with E-state index in [9.17, 15) is 9.59 Å². The SMILES string of the molecule is CC(C)(C)c1cc(NC(=O)CNC(=O)c2cccs2)n(Cc2ccccc2)n1. The van der Waals surface area contributed by atoms with Gasteiger partial charge in [-0.1, -0.05) is 57.2 Å². The number of nitrogens with zero attached hydrogens (tertiary/aromatic N) is 2. The number of carbonyl (C=O) groups is 2. The Hall–Kier alpha value is -2.93. The Labute approximate surface area is 168 Å². The van der Waals surface area contributed by atoms with E-state index >= 15 is 0 Å². The predicted molar refractivity (Wildman–Crippen MR) is 112 cm³/mol. The van der Waals surface area contributed by atoms with Crippen molar-refractivity contribution in [1.29, 1.82) is 0 Å². The summed E-state index contributed by atoms with van der Waals surface area (Å²) in [6, 6.07) is 15.4. The van der Waals surface area contributed by atoms with Gasteiger partial charge in [0.1, 0.15) is 5.82 Å². The minimum Gasteiger partial charge on any atom is -0.342 e. The van der Waals surface area contributed by atoms with Crippen molar-refractivity contribution in [2.24, 2.45) is 0 Å². The molecule has 0 aliphatic rings. The Balaban J connectivity index is 1.71. The number of carbonyl (C=O) groups excluding carboxylic acids is 2. The van der Waals surface area contributed by atoms with Crippen molar-refractivity contribution >= 4 is 29.0 Å². The molecule has 0 aliphatic heterocycles. The summed E-state index contributed by atoms with van der Waals surface area (Å²) in [6.07, 6.45) is 0. The number of rotatable bonds is 6. The molecule has 2 aromatic heterocycles. The van der Waals surface area contributed by atoms with Gasteiger partial charge in [-0.05, 0) is 17.0 Å². The van der Waals surface area contributed by atoms with E-state index in [1.165, 1.54) is 11.3 Å². The monoisotopic (exact) mass is 396 g/mol. The molecule has 3 aromatic rings. The summed E-state index contributed by atoms with van der Waals surface area (Å²) in [6.45, 7) is 6.69. The molecule has 2 N–H and O–H groups in total. The van der Waals surface area contributed by atoms with E-state index in [2.05, 4.69) is 36.5 Å². The molecule has 1 aromatic carbocycles. The lowest BCUT2D eigenvalue weighted by molar-refractivity contribution is -0.115. The Morgan fingerprint density at radius 3 is 2.50 bits per heavy atom. The molecule has 3 rings (SSSR count). The molecule has 6 nitrogen and oxygen atoms in total. The van der Waals surface area contributed by atoms with E-state index in [1.807, 2.05) is 41.8 Å². The quantitative estimate of drug-likeness (QED) is 0.668. The van der Waals surface area contributed by atoms with Gasteiger partial charge in [-0.2, -0.15) is 5.10 Å². The van der Waals surface area contributed by atoms with Crippen molar-refractivity contribution < 1.29 is 9.59 Å². The summed E-state index contributed by atoms with van der Waals surface area (Å²) >= 11 is 1.34. The third-order valence-electron chi connectivity index (χ3n) is 4.15. The van der Waals surface area contributed by atoms with Gasteiger partial charge in [0.15, 0.2) is 0 Å². The van der Waals surface area contributed by atoms with Crippen LogP contribution in [0.5, 0.6) is 0 Å². The van der Waals surface area contributed by atoms with Crippen LogP contribution in [0.4, 0.5) is 5.82 Å². The molecule has 0 saturated carbocycles. The molecule has 0 bridgehead atoms. The second-order valence-corrected chi connectivity index (χ2v) is 8.46. The zero-order valence-electron chi connectivity index (χ0n) is 16.2. The molecule has 0 fully saturated rings. The minimum atomic E-state index is -0.292. The molecule has 146 valence electrons. The molecule has 0 radical (unpaired) electrons. The maximum Gasteiger partial charge on any atom is 0.261 e. The van der Waals surface area contributed by atoms with E-state index in [0.717, 1.165) is 11.3 Å². The van der Waals surface area contributed by atoms with Gasteiger partial charge in [-0.3, -0.25) is 9.59 Å². The fraction of sp³-hybridized carbons (Fsp3) is 0.286. The van der Waals surface area contributed by atoms with Crippen LogP contribution in [-0.4, -0.2) is 28.1 Å². The van der Waals surface area contributed by atoms with Gasteiger partial charge in [0.05, 0.1) is 23.7 Å². The van der Waals surface area contributed by atoms with Crippen molar-refractivity contribution in [3.05, 3.63) is 70.0 Å². The molecule has 0 saturated heterocycles. The zero-order valence-corrected chi connectivity index (χ0v) is 17.0. The summed E-state index contributed by atoms with van der Waals surface area (Å²) in [4.78, 5) is 25.0. The van der Waals surface area contributed by atoms with Gasteiger partial charge >= 0.3 is 0 Å². The van der Waals surface area contributed by atoms with Gasteiger partial charge in [0.2, 0.25) is 5.91 Å². The van der Waals surface area contributed by atoms with Gasteiger partial charge in [-0.25, -0.2) is 4.68 Å². The van der Waals surface area contributed by atoms with Crippen molar-refractivity contribution in [3.63, 3.8) is 0 Å². The standard InChI is InChI=1S/C21H24N4O2S/c1-21(2,3)17-12-18(25(24-17)14-15-8-5-4-6-9-15)23-19(26)13-22-20(27)16-10-7-11-28-16/h4-12H,13-14H2,1-3H3,(H,22,27)(H,23,26). The van der Waals surface area contributed by atoms with E-state index in [4.69, 9.17) is 0 Å². The summed E-state index contributed by atoms with van der Waals surface area (Å²) in [5.74, 6) is 0.0713. The van der Waals surface area contributed by atoms with Crippen LogP contribution in [-0.2, 0) is 16.8 Å². The van der Waals surface area contributed by atoms with Crippen LogP contribution < -0.4 is 10.6 Å². The van der Waals surface area contributed by atoms with Crippen molar-refractivity contribution in [2.45, 2.75) is 32.7 Å². The lowest BCUT2D eigenvalue weighted by Gasteiger charge is -2.14. The fourth-order valence-electron chi connectivity index (χ4n) is 2.60. The van der Waals surface area contributed by atoms with Crippen LogP contribution in [0.3, 0.4) is 0 Å². The molecule has 0 aliphatic carbocycles. The van der Waals surface area contributed by atoms with Crippen LogP contribution in [0.1, 0.15) is 41.7 Å². The average Bonchev–Trinajstić information content (AvgIpc) is 3.31. The number of nitrogens with one attached hydrogen (secondary N) is 2. The first kappa shape index (κ1) is 19.8. The smallest absolute Gasteiger partial charge is 0.261 e. The molecular weight excluding hydrogens is 372 g/mol. The topological polar surface area (TPSA) is 76.0 Å². The lowest BCUT2D eigenvalue weighted by Crippen LogP contribution is -2.33. The first-order valence-electron chi connectivity index (χ1n) is 9.07. The average molecular weight is 397 g/mol. The number of hydrogen-bond acceptors (Lipinski definition) is 4. The van der Waals surface area contributed by atoms with E-state index < -0.39 is 0 Å². The second kappa shape index (κ2) is 8.39. The van der Waals surface area contributed by atoms with Crippen LogP contribution in [0.15, 0.2) is 53.9 Å². The Morgan fingerprint density at radius 2 is 1.86 bits per heavy atom. The molecule has 2 heterocycles. The Morgan fingerprint density at radius 1 is 1.11 bits per heavy atom.